The maximum absolute atomic E-state index is 14.5. The number of ether oxygens (including phenoxy) is 1. The van der Waals surface area contributed by atoms with Gasteiger partial charge in [-0.3, -0.25) is 9.69 Å². The van der Waals surface area contributed by atoms with Gasteiger partial charge in [0.2, 0.25) is 0 Å². The summed E-state index contributed by atoms with van der Waals surface area (Å²) < 4.78 is 6.44. The molecule has 2 N–H and O–H groups in total. The van der Waals surface area contributed by atoms with Crippen LogP contribution in [0.3, 0.4) is 0 Å². The van der Waals surface area contributed by atoms with Gasteiger partial charge >= 0.3 is 0 Å². The van der Waals surface area contributed by atoms with Crippen molar-refractivity contribution in [2.75, 3.05) is 13.1 Å². The highest BCUT2D eigenvalue weighted by atomic mass is 16.5. The highest BCUT2D eigenvalue weighted by Gasteiger charge is 2.74. The first-order valence-electron chi connectivity index (χ1n) is 14.6. The minimum atomic E-state index is -1.17. The van der Waals surface area contributed by atoms with Gasteiger partial charge in [0, 0.05) is 30.1 Å². The van der Waals surface area contributed by atoms with Gasteiger partial charge in [-0.2, -0.15) is 0 Å². The molecule has 2 saturated carbocycles. The van der Waals surface area contributed by atoms with E-state index in [2.05, 4.69) is 35.2 Å². The van der Waals surface area contributed by atoms with Crippen molar-refractivity contribution >= 4 is 33.4 Å². The number of hydrogen-bond donors (Lipinski definition) is 2. The Morgan fingerprint density at radius 2 is 1.73 bits per heavy atom. The number of nitrogens with zero attached hydrogens (tertiary/aromatic N) is 1. The van der Waals surface area contributed by atoms with E-state index in [4.69, 9.17) is 4.74 Å². The van der Waals surface area contributed by atoms with E-state index >= 15 is 0 Å². The standard InChI is InChI=1S/C35H31NO4/c37-28-12-11-23-17-29-35(39)18-24(16-27-25-7-3-1-5-21(25)15-22-6-2-4-8-26(22)27)31(38)33-34(35,30(23)32(28)40-33)13-14-36(29)19-20-9-10-20/h1-8,11-12,15-16,20,29,33,37,39H,9-10,13-14,17-19H2/b24-16+/t29-,33+,34?,35-/m1/s1. The van der Waals surface area contributed by atoms with Gasteiger partial charge in [-0.15, -0.1) is 0 Å². The monoisotopic (exact) mass is 529 g/mol. The van der Waals surface area contributed by atoms with Crippen LogP contribution in [0.5, 0.6) is 11.5 Å². The van der Waals surface area contributed by atoms with Crippen molar-refractivity contribution in [1.82, 2.24) is 4.90 Å². The molecule has 4 aromatic carbocycles. The zero-order valence-electron chi connectivity index (χ0n) is 22.3. The second-order valence-electron chi connectivity index (χ2n) is 12.7. The van der Waals surface area contributed by atoms with Crippen LogP contribution in [0.2, 0.25) is 0 Å². The molecule has 1 spiro atoms. The molecule has 200 valence electrons. The minimum Gasteiger partial charge on any atom is -0.504 e. The lowest BCUT2D eigenvalue weighted by atomic mass is 9.48. The van der Waals surface area contributed by atoms with Crippen molar-refractivity contribution in [1.29, 1.82) is 0 Å². The largest absolute Gasteiger partial charge is 0.504 e. The molecule has 4 atom stereocenters. The number of benzene rings is 4. The summed E-state index contributed by atoms with van der Waals surface area (Å²) in [7, 11) is 0. The van der Waals surface area contributed by atoms with E-state index in [1.54, 1.807) is 6.07 Å². The molecule has 3 fully saturated rings. The number of ketones is 1. The van der Waals surface area contributed by atoms with Crippen LogP contribution in [0, 0.1) is 5.92 Å². The molecule has 2 aliphatic heterocycles. The van der Waals surface area contributed by atoms with Crippen LogP contribution >= 0.6 is 0 Å². The molecule has 5 nitrogen and oxygen atoms in total. The summed E-state index contributed by atoms with van der Waals surface area (Å²) in [5, 5.41) is 28.3. The molecule has 40 heavy (non-hydrogen) atoms. The van der Waals surface area contributed by atoms with Crippen molar-refractivity contribution in [2.24, 2.45) is 5.92 Å². The number of phenolic OH excluding ortho intramolecular Hbond substituents is 1. The smallest absolute Gasteiger partial charge is 0.200 e. The molecule has 5 heteroatoms. The molecule has 3 aliphatic carbocycles. The molecule has 0 aromatic heterocycles. The zero-order chi connectivity index (χ0) is 26.8. The fraction of sp³-hybridized carbons (Fsp3) is 0.343. The molecule has 2 bridgehead atoms. The number of aliphatic hydroxyl groups is 1. The number of carbonyl (C=O) groups excluding carboxylic acids is 1. The lowest BCUT2D eigenvalue weighted by Gasteiger charge is -2.62. The van der Waals surface area contributed by atoms with Gasteiger partial charge in [-0.1, -0.05) is 54.6 Å². The summed E-state index contributed by atoms with van der Waals surface area (Å²) in [6, 6.07) is 22.3. The Bertz CT molecular complexity index is 1750. The Labute approximate surface area is 232 Å². The van der Waals surface area contributed by atoms with Crippen molar-refractivity contribution in [3.8, 4) is 11.5 Å². The van der Waals surface area contributed by atoms with Gasteiger partial charge in [-0.25, -0.2) is 0 Å². The topological polar surface area (TPSA) is 70.0 Å². The SMILES string of the molecule is O=C1/C(=C/c2c3ccccc3cc3ccccc23)C[C@@]2(O)[C@H]3Cc4ccc(O)c5c4C2(CCN3CC2CC2)[C@H]1O5. The molecule has 2 heterocycles. The Balaban J connectivity index is 1.27. The van der Waals surface area contributed by atoms with Crippen LogP contribution in [-0.2, 0) is 16.6 Å². The van der Waals surface area contributed by atoms with E-state index in [0.29, 0.717) is 30.1 Å². The van der Waals surface area contributed by atoms with Gasteiger partial charge in [0.25, 0.3) is 0 Å². The summed E-state index contributed by atoms with van der Waals surface area (Å²) in [6.07, 6.45) is 5.32. The lowest BCUT2D eigenvalue weighted by Crippen LogP contribution is -2.77. The third kappa shape index (κ3) is 2.82. The summed E-state index contributed by atoms with van der Waals surface area (Å²) >= 11 is 0. The number of Topliss-reactive ketones (excluding diaryl/α,β-unsaturated/α-hetero) is 1. The van der Waals surface area contributed by atoms with Gasteiger partial charge in [0.05, 0.1) is 11.0 Å². The number of fused-ring (bicyclic) bond motifs is 2. The fourth-order valence-electron chi connectivity index (χ4n) is 8.69. The molecule has 1 saturated heterocycles. The molecule has 0 radical (unpaired) electrons. The predicted octanol–water partition coefficient (Wildman–Crippen LogP) is 5.53. The lowest BCUT2D eigenvalue weighted by molar-refractivity contribution is -0.179. The van der Waals surface area contributed by atoms with E-state index in [-0.39, 0.29) is 24.0 Å². The van der Waals surface area contributed by atoms with Crippen LogP contribution < -0.4 is 4.74 Å². The van der Waals surface area contributed by atoms with Gasteiger partial charge in [0.1, 0.15) is 0 Å². The molecule has 5 aliphatic rings. The average molecular weight is 530 g/mol. The summed E-state index contributed by atoms with van der Waals surface area (Å²) in [6.45, 7) is 1.83. The quantitative estimate of drug-likeness (QED) is 0.270. The number of phenols is 1. The van der Waals surface area contributed by atoms with E-state index in [0.717, 1.165) is 51.3 Å². The van der Waals surface area contributed by atoms with E-state index in [9.17, 15) is 15.0 Å². The third-order valence-electron chi connectivity index (χ3n) is 10.7. The van der Waals surface area contributed by atoms with Gasteiger partial charge in [-0.05, 0) is 89.0 Å². The van der Waals surface area contributed by atoms with Crippen LogP contribution in [-0.4, -0.2) is 51.7 Å². The predicted molar refractivity (Wildman–Crippen MR) is 155 cm³/mol. The minimum absolute atomic E-state index is 0.0575. The Kier molecular flexibility index (Phi) is 4.47. The zero-order valence-corrected chi connectivity index (χ0v) is 22.3. The van der Waals surface area contributed by atoms with Crippen molar-refractivity contribution in [2.45, 2.75) is 55.3 Å². The third-order valence-corrected chi connectivity index (χ3v) is 10.7. The molecule has 1 unspecified atom stereocenters. The Morgan fingerprint density at radius 1 is 1.00 bits per heavy atom. The van der Waals surface area contributed by atoms with Gasteiger partial charge in [0.15, 0.2) is 23.4 Å². The average Bonchev–Trinajstić information content (AvgIpc) is 3.70. The second-order valence-corrected chi connectivity index (χ2v) is 12.7. The summed E-state index contributed by atoms with van der Waals surface area (Å²) in [5.74, 6) is 1.09. The first-order valence-corrected chi connectivity index (χ1v) is 14.6. The van der Waals surface area contributed by atoms with E-state index < -0.39 is 17.1 Å². The normalized spacial score (nSPS) is 31.5. The second kappa shape index (κ2) is 7.74. The number of carbonyl (C=O) groups is 1. The first-order chi connectivity index (χ1) is 19.5. The summed E-state index contributed by atoms with van der Waals surface area (Å²) in [5.41, 5.74) is 1.59. The van der Waals surface area contributed by atoms with Crippen LogP contribution in [0.4, 0.5) is 0 Å². The van der Waals surface area contributed by atoms with E-state index in [1.807, 2.05) is 36.4 Å². The fourth-order valence-corrected chi connectivity index (χ4v) is 8.69. The van der Waals surface area contributed by atoms with Crippen molar-refractivity contribution < 1.29 is 19.7 Å². The van der Waals surface area contributed by atoms with Crippen molar-refractivity contribution in [3.05, 3.63) is 89.0 Å². The Hall–Kier alpha value is -3.67. The van der Waals surface area contributed by atoms with Crippen LogP contribution in [0.25, 0.3) is 27.6 Å². The highest BCUT2D eigenvalue weighted by molar-refractivity contribution is 6.12. The van der Waals surface area contributed by atoms with Crippen molar-refractivity contribution in [3.63, 3.8) is 0 Å². The van der Waals surface area contributed by atoms with Gasteiger partial charge < -0.3 is 14.9 Å². The number of hydrogen-bond acceptors (Lipinski definition) is 5. The highest BCUT2D eigenvalue weighted by Crippen LogP contribution is 2.65. The molecule has 0 amide bonds. The van der Waals surface area contributed by atoms with Crippen LogP contribution in [0.15, 0.2) is 72.3 Å². The first kappa shape index (κ1) is 23.1. The molecule has 4 aromatic rings. The Morgan fingerprint density at radius 3 is 2.45 bits per heavy atom. The maximum atomic E-state index is 14.5. The number of likely N-dealkylation sites (tertiary alicyclic amines) is 1. The number of aromatic hydroxyl groups is 1. The molecular formula is C35H31NO4. The molecule has 9 rings (SSSR count). The number of piperidine rings is 1. The maximum Gasteiger partial charge on any atom is 0.200 e. The number of rotatable bonds is 3. The van der Waals surface area contributed by atoms with E-state index in [1.165, 1.54) is 12.8 Å². The van der Waals surface area contributed by atoms with Crippen LogP contribution in [0.1, 0.15) is 42.4 Å². The molecular weight excluding hydrogens is 498 g/mol. The summed E-state index contributed by atoms with van der Waals surface area (Å²) in [4.78, 5) is 16.9.